The fourth-order valence-corrected chi connectivity index (χ4v) is 2.56. The molecule has 1 aromatic carbocycles. The molecular weight excluding hydrogens is 240 g/mol. The number of hydrogen-bond acceptors (Lipinski definition) is 3. The molecule has 1 rings (SSSR count). The van der Waals surface area contributed by atoms with E-state index in [2.05, 4.69) is 0 Å². The van der Waals surface area contributed by atoms with E-state index in [1.54, 1.807) is 12.1 Å². The fraction of sp³-hybridized carbons (Fsp3) is 0.455. The van der Waals surface area contributed by atoms with Gasteiger partial charge in [0.05, 0.1) is 5.69 Å². The van der Waals surface area contributed by atoms with Gasteiger partial charge in [-0.15, -0.1) is 0 Å². The Labute approximate surface area is 102 Å². The van der Waals surface area contributed by atoms with Crippen LogP contribution in [0.3, 0.4) is 0 Å². The number of nitrogens with zero attached hydrogens (tertiary/aromatic N) is 2. The summed E-state index contributed by atoms with van der Waals surface area (Å²) in [6.07, 6.45) is 0. The van der Waals surface area contributed by atoms with Gasteiger partial charge >= 0.3 is 10.2 Å². The van der Waals surface area contributed by atoms with Crippen LogP contribution in [0.15, 0.2) is 24.3 Å². The SMILES string of the molecule is CC(C)N(C)S(=O)(=O)N(C)c1ccc(O)cc1. The normalized spacial score (nSPS) is 12.1. The maximum Gasteiger partial charge on any atom is 0.303 e. The lowest BCUT2D eigenvalue weighted by Crippen LogP contribution is -2.43. The van der Waals surface area contributed by atoms with Gasteiger partial charge < -0.3 is 5.11 Å². The third-order valence-electron chi connectivity index (χ3n) is 2.65. The molecular formula is C11H18N2O3S. The number of phenolic OH excluding ortho intramolecular Hbond substituents is 1. The van der Waals surface area contributed by atoms with Crippen molar-refractivity contribution >= 4 is 15.9 Å². The molecule has 6 heteroatoms. The zero-order valence-corrected chi connectivity index (χ0v) is 11.3. The molecule has 1 N–H and O–H groups in total. The molecule has 0 fully saturated rings. The Bertz CT molecular complexity index is 468. The van der Waals surface area contributed by atoms with E-state index in [1.165, 1.54) is 34.8 Å². The monoisotopic (exact) mass is 258 g/mol. The number of aromatic hydroxyl groups is 1. The first-order valence-corrected chi connectivity index (χ1v) is 6.67. The lowest BCUT2D eigenvalue weighted by atomic mass is 10.3. The molecule has 0 aliphatic rings. The van der Waals surface area contributed by atoms with Gasteiger partial charge in [-0.05, 0) is 38.1 Å². The lowest BCUT2D eigenvalue weighted by molar-refractivity contribution is 0.409. The molecule has 0 saturated heterocycles. The zero-order chi connectivity index (χ0) is 13.2. The minimum Gasteiger partial charge on any atom is -0.508 e. The van der Waals surface area contributed by atoms with E-state index in [1.807, 2.05) is 13.8 Å². The van der Waals surface area contributed by atoms with Crippen LogP contribution in [-0.4, -0.2) is 38.0 Å². The molecule has 0 spiro atoms. The summed E-state index contributed by atoms with van der Waals surface area (Å²) in [4.78, 5) is 0. The van der Waals surface area contributed by atoms with Crippen molar-refractivity contribution in [3.8, 4) is 5.75 Å². The maximum atomic E-state index is 12.1. The Hall–Kier alpha value is -1.27. The highest BCUT2D eigenvalue weighted by Gasteiger charge is 2.25. The summed E-state index contributed by atoms with van der Waals surface area (Å²) in [5.41, 5.74) is 0.510. The lowest BCUT2D eigenvalue weighted by Gasteiger charge is -2.28. The molecule has 0 aliphatic carbocycles. The van der Waals surface area contributed by atoms with Crippen LogP contribution in [0.4, 0.5) is 5.69 Å². The van der Waals surface area contributed by atoms with Crippen molar-refractivity contribution in [3.63, 3.8) is 0 Å². The van der Waals surface area contributed by atoms with Crippen LogP contribution in [0.25, 0.3) is 0 Å². The summed E-state index contributed by atoms with van der Waals surface area (Å²) in [6, 6.07) is 5.91. The maximum absolute atomic E-state index is 12.1. The molecule has 0 aliphatic heterocycles. The second-order valence-electron chi connectivity index (χ2n) is 4.10. The van der Waals surface area contributed by atoms with Crippen LogP contribution >= 0.6 is 0 Å². The van der Waals surface area contributed by atoms with Gasteiger partial charge in [-0.3, -0.25) is 4.31 Å². The Kier molecular flexibility index (Phi) is 4.00. The van der Waals surface area contributed by atoms with E-state index < -0.39 is 10.2 Å². The Morgan fingerprint density at radius 2 is 1.59 bits per heavy atom. The van der Waals surface area contributed by atoms with Crippen LogP contribution in [0.2, 0.25) is 0 Å². The van der Waals surface area contributed by atoms with Crippen LogP contribution in [-0.2, 0) is 10.2 Å². The number of anilines is 1. The molecule has 0 unspecified atom stereocenters. The molecule has 0 heterocycles. The highest BCUT2D eigenvalue weighted by atomic mass is 32.2. The van der Waals surface area contributed by atoms with Crippen LogP contribution in [0, 0.1) is 0 Å². The van der Waals surface area contributed by atoms with Crippen LogP contribution < -0.4 is 4.31 Å². The molecule has 0 amide bonds. The van der Waals surface area contributed by atoms with E-state index in [0.717, 1.165) is 0 Å². The van der Waals surface area contributed by atoms with Crippen molar-refractivity contribution in [1.29, 1.82) is 0 Å². The van der Waals surface area contributed by atoms with Gasteiger partial charge in [0.1, 0.15) is 5.75 Å². The van der Waals surface area contributed by atoms with Gasteiger partial charge in [-0.2, -0.15) is 12.7 Å². The second-order valence-corrected chi connectivity index (χ2v) is 6.12. The summed E-state index contributed by atoms with van der Waals surface area (Å²) < 4.78 is 26.8. The summed E-state index contributed by atoms with van der Waals surface area (Å²) in [7, 11) is -0.494. The molecule has 17 heavy (non-hydrogen) atoms. The van der Waals surface area contributed by atoms with Crippen molar-refractivity contribution in [2.24, 2.45) is 0 Å². The average molecular weight is 258 g/mol. The number of rotatable bonds is 4. The van der Waals surface area contributed by atoms with Gasteiger partial charge in [0.2, 0.25) is 0 Å². The zero-order valence-electron chi connectivity index (χ0n) is 10.5. The van der Waals surface area contributed by atoms with E-state index in [0.29, 0.717) is 5.69 Å². The van der Waals surface area contributed by atoms with Gasteiger partial charge in [-0.1, -0.05) is 0 Å². The first-order valence-electron chi connectivity index (χ1n) is 5.27. The molecule has 0 radical (unpaired) electrons. The van der Waals surface area contributed by atoms with E-state index in [-0.39, 0.29) is 11.8 Å². The van der Waals surface area contributed by atoms with Crippen molar-refractivity contribution in [1.82, 2.24) is 4.31 Å². The third kappa shape index (κ3) is 2.89. The predicted octanol–water partition coefficient (Wildman–Crippen LogP) is 1.41. The third-order valence-corrected chi connectivity index (χ3v) is 4.70. The largest absolute Gasteiger partial charge is 0.508 e. The fourth-order valence-electron chi connectivity index (χ4n) is 1.26. The highest BCUT2D eigenvalue weighted by Crippen LogP contribution is 2.21. The Balaban J connectivity index is 3.04. The number of hydrogen-bond donors (Lipinski definition) is 1. The average Bonchev–Trinajstić information content (AvgIpc) is 2.27. The molecule has 96 valence electrons. The Morgan fingerprint density at radius 1 is 1.12 bits per heavy atom. The highest BCUT2D eigenvalue weighted by molar-refractivity contribution is 7.90. The van der Waals surface area contributed by atoms with Crippen LogP contribution in [0.1, 0.15) is 13.8 Å². The minimum absolute atomic E-state index is 0.108. The molecule has 0 bridgehead atoms. The van der Waals surface area contributed by atoms with Crippen molar-refractivity contribution < 1.29 is 13.5 Å². The Morgan fingerprint density at radius 3 is 2.00 bits per heavy atom. The van der Waals surface area contributed by atoms with Gasteiger partial charge in [-0.25, -0.2) is 0 Å². The van der Waals surface area contributed by atoms with Gasteiger partial charge in [0.15, 0.2) is 0 Å². The van der Waals surface area contributed by atoms with Crippen molar-refractivity contribution in [2.45, 2.75) is 19.9 Å². The summed E-state index contributed by atoms with van der Waals surface area (Å²) in [6.45, 7) is 3.62. The summed E-state index contributed by atoms with van der Waals surface area (Å²) in [5, 5.41) is 9.16. The summed E-state index contributed by atoms with van der Waals surface area (Å²) >= 11 is 0. The van der Waals surface area contributed by atoms with Crippen LogP contribution in [0.5, 0.6) is 5.75 Å². The molecule has 0 aromatic heterocycles. The van der Waals surface area contributed by atoms with Crippen molar-refractivity contribution in [2.75, 3.05) is 18.4 Å². The predicted molar refractivity (Wildman–Crippen MR) is 68.3 cm³/mol. The first kappa shape index (κ1) is 13.8. The molecule has 1 aromatic rings. The first-order chi connectivity index (χ1) is 7.76. The molecule has 0 saturated carbocycles. The number of phenols is 1. The minimum atomic E-state index is -3.52. The van der Waals surface area contributed by atoms with E-state index in [9.17, 15) is 8.42 Å². The topological polar surface area (TPSA) is 60.9 Å². The van der Waals surface area contributed by atoms with E-state index >= 15 is 0 Å². The van der Waals surface area contributed by atoms with Gasteiger partial charge in [0.25, 0.3) is 0 Å². The molecule has 5 nitrogen and oxygen atoms in total. The smallest absolute Gasteiger partial charge is 0.303 e. The molecule has 0 atom stereocenters. The van der Waals surface area contributed by atoms with Crippen molar-refractivity contribution in [3.05, 3.63) is 24.3 Å². The quantitative estimate of drug-likeness (QED) is 0.888. The number of benzene rings is 1. The second kappa shape index (κ2) is 4.93. The standard InChI is InChI=1S/C11H18N2O3S/c1-9(2)12(3)17(15,16)13(4)10-5-7-11(14)8-6-10/h5-9,14H,1-4H3. The van der Waals surface area contributed by atoms with Gasteiger partial charge in [0, 0.05) is 20.1 Å². The summed E-state index contributed by atoms with van der Waals surface area (Å²) in [5.74, 6) is 0.108. The van der Waals surface area contributed by atoms with E-state index in [4.69, 9.17) is 5.11 Å².